The molecule has 4 heteroatoms. The van der Waals surface area contributed by atoms with Crippen LogP contribution in [0.25, 0.3) is 0 Å². The molecule has 0 amide bonds. The van der Waals surface area contributed by atoms with Crippen LogP contribution in [0.2, 0.25) is 0 Å². The van der Waals surface area contributed by atoms with Crippen molar-refractivity contribution < 1.29 is 19.3 Å². The molecule has 2 rings (SSSR count). The molecular weight excluding hydrogens is 211 g/mol. The second-order valence-electron chi connectivity index (χ2n) is 4.27. The monoisotopic (exact) mass is 226 g/mol. The van der Waals surface area contributed by atoms with Crippen molar-refractivity contribution in [3.8, 4) is 17.2 Å². The van der Waals surface area contributed by atoms with Crippen LogP contribution in [-0.4, -0.2) is 23.0 Å². The van der Waals surface area contributed by atoms with E-state index in [4.69, 9.17) is 4.74 Å². The molecule has 88 valence electrons. The van der Waals surface area contributed by atoms with Gasteiger partial charge in [0.2, 0.25) is 0 Å². The lowest BCUT2D eigenvalue weighted by Gasteiger charge is -2.11. The van der Waals surface area contributed by atoms with E-state index in [9.17, 15) is 14.6 Å². The van der Waals surface area contributed by atoms with Gasteiger partial charge in [0.15, 0.2) is 0 Å². The van der Waals surface area contributed by atoms with Crippen LogP contribution in [-0.2, 0) is 0 Å². The predicted octanol–water partition coefficient (Wildman–Crippen LogP) is 2.61. The molecular formula is C12H15FO3. The van der Waals surface area contributed by atoms with Crippen molar-refractivity contribution in [2.75, 3.05) is 6.61 Å². The number of halogens is 1. The van der Waals surface area contributed by atoms with E-state index < -0.39 is 6.17 Å². The summed E-state index contributed by atoms with van der Waals surface area (Å²) < 4.78 is 18.3. The van der Waals surface area contributed by atoms with Gasteiger partial charge in [-0.25, -0.2) is 4.39 Å². The van der Waals surface area contributed by atoms with Gasteiger partial charge < -0.3 is 14.9 Å². The minimum Gasteiger partial charge on any atom is -0.508 e. The van der Waals surface area contributed by atoms with E-state index in [0.717, 1.165) is 6.42 Å². The lowest BCUT2D eigenvalue weighted by Crippen LogP contribution is -2.09. The molecule has 1 fully saturated rings. The lowest BCUT2D eigenvalue weighted by atomic mass is 10.1. The SMILES string of the molecule is Oc1cc(O)cc(OCC2CCC(F)C2)c1. The maximum atomic E-state index is 12.9. The van der Waals surface area contributed by atoms with Crippen LogP contribution in [0.4, 0.5) is 4.39 Å². The van der Waals surface area contributed by atoms with Crippen molar-refractivity contribution in [1.29, 1.82) is 0 Å². The van der Waals surface area contributed by atoms with Crippen LogP contribution in [0.15, 0.2) is 18.2 Å². The van der Waals surface area contributed by atoms with E-state index in [-0.39, 0.29) is 17.4 Å². The molecule has 0 aliphatic heterocycles. The number of benzene rings is 1. The van der Waals surface area contributed by atoms with Crippen molar-refractivity contribution in [2.24, 2.45) is 5.92 Å². The summed E-state index contributed by atoms with van der Waals surface area (Å²) in [6.45, 7) is 0.434. The summed E-state index contributed by atoms with van der Waals surface area (Å²) in [4.78, 5) is 0. The number of alkyl halides is 1. The van der Waals surface area contributed by atoms with E-state index in [1.807, 2.05) is 0 Å². The average Bonchev–Trinajstić information content (AvgIpc) is 2.60. The molecule has 0 radical (unpaired) electrons. The van der Waals surface area contributed by atoms with Gasteiger partial charge in [0, 0.05) is 18.2 Å². The molecule has 1 aliphatic rings. The highest BCUT2D eigenvalue weighted by molar-refractivity contribution is 5.40. The number of ether oxygens (including phenoxy) is 1. The largest absolute Gasteiger partial charge is 0.508 e. The van der Waals surface area contributed by atoms with Gasteiger partial charge in [0.25, 0.3) is 0 Å². The van der Waals surface area contributed by atoms with Gasteiger partial charge in [0.1, 0.15) is 23.4 Å². The Morgan fingerprint density at radius 2 is 1.88 bits per heavy atom. The van der Waals surface area contributed by atoms with Gasteiger partial charge >= 0.3 is 0 Å². The zero-order valence-corrected chi connectivity index (χ0v) is 8.90. The molecule has 0 aromatic heterocycles. The molecule has 0 bridgehead atoms. The van der Waals surface area contributed by atoms with Gasteiger partial charge in [-0.3, -0.25) is 0 Å². The number of hydrogen-bond donors (Lipinski definition) is 2. The first-order valence-corrected chi connectivity index (χ1v) is 5.43. The first kappa shape index (κ1) is 11.0. The lowest BCUT2D eigenvalue weighted by molar-refractivity contribution is 0.238. The van der Waals surface area contributed by atoms with E-state index in [0.29, 0.717) is 25.2 Å². The standard InChI is InChI=1S/C12H15FO3/c13-9-2-1-8(3-9)7-16-12-5-10(14)4-11(15)6-12/h4-6,8-9,14-15H,1-3,7H2. The molecule has 1 saturated carbocycles. The molecule has 0 spiro atoms. The third-order valence-electron chi connectivity index (χ3n) is 2.84. The van der Waals surface area contributed by atoms with Crippen LogP contribution in [0.5, 0.6) is 17.2 Å². The van der Waals surface area contributed by atoms with E-state index in [1.165, 1.54) is 18.2 Å². The molecule has 2 N–H and O–H groups in total. The van der Waals surface area contributed by atoms with Gasteiger partial charge in [-0.1, -0.05) is 0 Å². The molecule has 1 aromatic carbocycles. The highest BCUT2D eigenvalue weighted by atomic mass is 19.1. The number of phenols is 2. The fraction of sp³-hybridized carbons (Fsp3) is 0.500. The Hall–Kier alpha value is -1.45. The third-order valence-corrected chi connectivity index (χ3v) is 2.84. The third kappa shape index (κ3) is 2.78. The Balaban J connectivity index is 1.89. The first-order chi connectivity index (χ1) is 7.63. The van der Waals surface area contributed by atoms with Gasteiger partial charge in [-0.15, -0.1) is 0 Å². The Morgan fingerprint density at radius 3 is 2.44 bits per heavy atom. The Labute approximate surface area is 93.5 Å². The topological polar surface area (TPSA) is 49.7 Å². The van der Waals surface area contributed by atoms with Crippen LogP contribution in [0, 0.1) is 5.92 Å². The number of hydrogen-bond acceptors (Lipinski definition) is 3. The summed E-state index contributed by atoms with van der Waals surface area (Å²) in [6.07, 6.45) is 1.29. The zero-order chi connectivity index (χ0) is 11.5. The molecule has 2 atom stereocenters. The fourth-order valence-electron chi connectivity index (χ4n) is 2.03. The van der Waals surface area contributed by atoms with E-state index in [2.05, 4.69) is 0 Å². The summed E-state index contributed by atoms with van der Waals surface area (Å²) in [5.41, 5.74) is 0. The Morgan fingerprint density at radius 1 is 1.19 bits per heavy atom. The molecule has 1 aromatic rings. The quantitative estimate of drug-likeness (QED) is 0.832. The van der Waals surface area contributed by atoms with Crippen molar-refractivity contribution in [2.45, 2.75) is 25.4 Å². The second-order valence-corrected chi connectivity index (χ2v) is 4.27. The van der Waals surface area contributed by atoms with Crippen molar-refractivity contribution in [1.82, 2.24) is 0 Å². The van der Waals surface area contributed by atoms with Crippen LogP contribution >= 0.6 is 0 Å². The first-order valence-electron chi connectivity index (χ1n) is 5.43. The Bertz CT molecular complexity index is 347. The van der Waals surface area contributed by atoms with Gasteiger partial charge in [0.05, 0.1) is 6.61 Å². The second kappa shape index (κ2) is 4.60. The number of phenolic OH excluding ortho intramolecular Hbond substituents is 2. The van der Waals surface area contributed by atoms with Crippen molar-refractivity contribution >= 4 is 0 Å². The smallest absolute Gasteiger partial charge is 0.126 e. The summed E-state index contributed by atoms with van der Waals surface area (Å²) in [6, 6.07) is 4.10. The molecule has 0 saturated heterocycles. The Kier molecular flexibility index (Phi) is 3.17. The average molecular weight is 226 g/mol. The van der Waals surface area contributed by atoms with Crippen molar-refractivity contribution in [3.05, 3.63) is 18.2 Å². The summed E-state index contributed by atoms with van der Waals surface area (Å²) in [5.74, 6) is 0.578. The highest BCUT2D eigenvalue weighted by Crippen LogP contribution is 2.30. The van der Waals surface area contributed by atoms with Crippen LogP contribution < -0.4 is 4.74 Å². The highest BCUT2D eigenvalue weighted by Gasteiger charge is 2.24. The summed E-state index contributed by atoms with van der Waals surface area (Å²) in [5, 5.41) is 18.5. The fourth-order valence-corrected chi connectivity index (χ4v) is 2.03. The summed E-state index contributed by atoms with van der Waals surface area (Å²) >= 11 is 0. The predicted molar refractivity (Wildman–Crippen MR) is 57.5 cm³/mol. The molecule has 2 unspecified atom stereocenters. The molecule has 0 heterocycles. The van der Waals surface area contributed by atoms with Gasteiger partial charge in [-0.2, -0.15) is 0 Å². The van der Waals surface area contributed by atoms with Crippen molar-refractivity contribution in [3.63, 3.8) is 0 Å². The van der Waals surface area contributed by atoms with Crippen LogP contribution in [0.3, 0.4) is 0 Å². The van der Waals surface area contributed by atoms with E-state index in [1.54, 1.807) is 0 Å². The van der Waals surface area contributed by atoms with E-state index >= 15 is 0 Å². The number of rotatable bonds is 3. The minimum absolute atomic E-state index is 0.0372. The van der Waals surface area contributed by atoms with Gasteiger partial charge in [-0.05, 0) is 25.2 Å². The minimum atomic E-state index is -0.703. The molecule has 16 heavy (non-hydrogen) atoms. The maximum absolute atomic E-state index is 12.9. The molecule has 1 aliphatic carbocycles. The molecule has 3 nitrogen and oxygen atoms in total. The zero-order valence-electron chi connectivity index (χ0n) is 8.90. The van der Waals surface area contributed by atoms with Crippen LogP contribution in [0.1, 0.15) is 19.3 Å². The normalized spacial score (nSPS) is 24.6. The number of aromatic hydroxyl groups is 2. The summed E-state index contributed by atoms with van der Waals surface area (Å²) in [7, 11) is 0. The maximum Gasteiger partial charge on any atom is 0.126 e.